The largest absolute Gasteiger partial charge is 0.376 e. The van der Waals surface area contributed by atoms with Gasteiger partial charge in [-0.2, -0.15) is 0 Å². The molecule has 2 aliphatic heterocycles. The van der Waals surface area contributed by atoms with Crippen molar-refractivity contribution in [2.75, 3.05) is 46.4 Å². The standard InChI is InChI=1S/C24H38N4O3.HI/c1-3-26-24(27-13-10-19-7-6-8-20(17-19)23(29)25-2)28-14-11-21(12-15-28)31-18-22-9-4-5-16-30-22;/h6-8,17,21-22H,3-5,9-16,18H2,1-2H3,(H,25,29)(H,26,27);1H. The van der Waals surface area contributed by atoms with Crippen molar-refractivity contribution >= 4 is 35.8 Å². The van der Waals surface area contributed by atoms with Crippen molar-refractivity contribution in [2.45, 2.75) is 57.7 Å². The number of carbonyl (C=O) groups is 1. The third-order valence-corrected chi connectivity index (χ3v) is 5.95. The third kappa shape index (κ3) is 8.51. The minimum Gasteiger partial charge on any atom is -0.376 e. The maximum atomic E-state index is 11.8. The summed E-state index contributed by atoms with van der Waals surface area (Å²) in [5.74, 6) is 0.915. The molecule has 0 spiro atoms. The number of likely N-dealkylation sites (tertiary alicyclic amines) is 1. The zero-order chi connectivity index (χ0) is 21.9. The maximum Gasteiger partial charge on any atom is 0.251 e. The van der Waals surface area contributed by atoms with E-state index in [9.17, 15) is 4.79 Å². The highest BCUT2D eigenvalue weighted by molar-refractivity contribution is 14.0. The molecular formula is C24H39IN4O3. The molecule has 3 rings (SSSR count). The molecule has 1 aromatic carbocycles. The molecule has 1 amide bonds. The molecule has 1 aromatic rings. The van der Waals surface area contributed by atoms with E-state index in [1.54, 1.807) is 7.05 Å². The number of guanidine groups is 1. The Hall–Kier alpha value is -1.39. The first-order chi connectivity index (χ1) is 15.2. The van der Waals surface area contributed by atoms with Crippen molar-refractivity contribution in [1.29, 1.82) is 0 Å². The lowest BCUT2D eigenvalue weighted by Gasteiger charge is -2.35. The van der Waals surface area contributed by atoms with Gasteiger partial charge in [0.25, 0.3) is 5.91 Å². The summed E-state index contributed by atoms with van der Waals surface area (Å²) in [4.78, 5) is 19.0. The molecule has 1 unspecified atom stereocenters. The highest BCUT2D eigenvalue weighted by Gasteiger charge is 2.23. The van der Waals surface area contributed by atoms with E-state index in [2.05, 4.69) is 22.5 Å². The number of amides is 1. The molecule has 8 heteroatoms. The Morgan fingerprint density at radius 3 is 2.75 bits per heavy atom. The maximum absolute atomic E-state index is 11.8. The van der Waals surface area contributed by atoms with Gasteiger partial charge in [-0.1, -0.05) is 12.1 Å². The first-order valence-electron chi connectivity index (χ1n) is 11.8. The first-order valence-corrected chi connectivity index (χ1v) is 11.8. The van der Waals surface area contributed by atoms with E-state index in [0.29, 0.717) is 18.2 Å². The van der Waals surface area contributed by atoms with Crippen LogP contribution in [0.4, 0.5) is 0 Å². The van der Waals surface area contributed by atoms with Gasteiger partial charge in [-0.25, -0.2) is 0 Å². The molecule has 0 saturated carbocycles. The Morgan fingerprint density at radius 1 is 1.25 bits per heavy atom. The number of ether oxygens (including phenoxy) is 2. The molecule has 1 atom stereocenters. The quantitative estimate of drug-likeness (QED) is 0.291. The normalized spacial score (nSPS) is 19.9. The van der Waals surface area contributed by atoms with Crippen LogP contribution in [0.1, 0.15) is 54.9 Å². The molecule has 2 N–H and O–H groups in total. The molecule has 2 aliphatic rings. The van der Waals surface area contributed by atoms with Gasteiger partial charge in [-0.15, -0.1) is 24.0 Å². The molecule has 7 nitrogen and oxygen atoms in total. The van der Waals surface area contributed by atoms with E-state index < -0.39 is 0 Å². The van der Waals surface area contributed by atoms with E-state index in [0.717, 1.165) is 70.1 Å². The zero-order valence-corrected chi connectivity index (χ0v) is 21.8. The van der Waals surface area contributed by atoms with Crippen molar-refractivity contribution in [3.05, 3.63) is 35.4 Å². The minimum absolute atomic E-state index is 0. The van der Waals surface area contributed by atoms with Crippen LogP contribution in [0.15, 0.2) is 29.3 Å². The zero-order valence-electron chi connectivity index (χ0n) is 19.5. The van der Waals surface area contributed by atoms with Crippen LogP contribution in [0.25, 0.3) is 0 Å². The van der Waals surface area contributed by atoms with Crippen molar-refractivity contribution in [3.63, 3.8) is 0 Å². The van der Waals surface area contributed by atoms with Gasteiger partial charge in [0.2, 0.25) is 0 Å². The molecular weight excluding hydrogens is 519 g/mol. The number of nitrogens with zero attached hydrogens (tertiary/aromatic N) is 2. The van der Waals surface area contributed by atoms with Crippen molar-refractivity contribution < 1.29 is 14.3 Å². The van der Waals surface area contributed by atoms with E-state index >= 15 is 0 Å². The second-order valence-corrected chi connectivity index (χ2v) is 8.27. The Bertz CT molecular complexity index is 717. The number of aliphatic imine (C=N–C) groups is 1. The molecule has 2 saturated heterocycles. The van der Waals surface area contributed by atoms with Gasteiger partial charge in [0.1, 0.15) is 0 Å². The molecule has 0 aromatic heterocycles. The van der Waals surface area contributed by atoms with Gasteiger partial charge < -0.3 is 25.0 Å². The van der Waals surface area contributed by atoms with Crippen LogP contribution < -0.4 is 10.6 Å². The molecule has 32 heavy (non-hydrogen) atoms. The van der Waals surface area contributed by atoms with Gasteiger partial charge in [-0.05, 0) is 63.1 Å². The number of nitrogens with one attached hydrogen (secondary N) is 2. The Kier molecular flexibility index (Phi) is 12.3. The van der Waals surface area contributed by atoms with Crippen LogP contribution in [-0.4, -0.2) is 75.4 Å². The summed E-state index contributed by atoms with van der Waals surface area (Å²) >= 11 is 0. The fourth-order valence-corrected chi connectivity index (χ4v) is 4.15. The number of halogens is 1. The number of rotatable bonds is 8. The average molecular weight is 559 g/mol. The van der Waals surface area contributed by atoms with Crippen LogP contribution >= 0.6 is 24.0 Å². The second kappa shape index (κ2) is 14.7. The van der Waals surface area contributed by atoms with Gasteiger partial charge in [0, 0.05) is 45.4 Å². The van der Waals surface area contributed by atoms with Crippen LogP contribution in [0.2, 0.25) is 0 Å². The molecule has 0 radical (unpaired) electrons. The summed E-state index contributed by atoms with van der Waals surface area (Å²) in [6, 6.07) is 7.76. The lowest BCUT2D eigenvalue weighted by Crippen LogP contribution is -2.47. The van der Waals surface area contributed by atoms with E-state index in [4.69, 9.17) is 14.5 Å². The topological polar surface area (TPSA) is 75.2 Å². The smallest absolute Gasteiger partial charge is 0.251 e. The summed E-state index contributed by atoms with van der Waals surface area (Å²) in [6.07, 6.45) is 7.01. The molecule has 0 aliphatic carbocycles. The predicted molar refractivity (Wildman–Crippen MR) is 139 cm³/mol. The molecule has 2 fully saturated rings. The third-order valence-electron chi connectivity index (χ3n) is 5.95. The Morgan fingerprint density at radius 2 is 2.06 bits per heavy atom. The lowest BCUT2D eigenvalue weighted by atomic mass is 10.1. The van der Waals surface area contributed by atoms with E-state index in [-0.39, 0.29) is 36.0 Å². The van der Waals surface area contributed by atoms with Crippen molar-refractivity contribution in [1.82, 2.24) is 15.5 Å². The number of carbonyl (C=O) groups excluding carboxylic acids is 1. The van der Waals surface area contributed by atoms with Crippen molar-refractivity contribution in [2.24, 2.45) is 4.99 Å². The van der Waals surface area contributed by atoms with Crippen LogP contribution in [0.5, 0.6) is 0 Å². The number of hydrogen-bond donors (Lipinski definition) is 2. The lowest BCUT2D eigenvalue weighted by molar-refractivity contribution is -0.0721. The van der Waals surface area contributed by atoms with Crippen LogP contribution in [-0.2, 0) is 15.9 Å². The number of hydrogen-bond acceptors (Lipinski definition) is 4. The summed E-state index contributed by atoms with van der Waals surface area (Å²) in [6.45, 7) is 7.15. The van der Waals surface area contributed by atoms with Crippen molar-refractivity contribution in [3.8, 4) is 0 Å². The van der Waals surface area contributed by atoms with Gasteiger partial charge in [-0.3, -0.25) is 9.79 Å². The van der Waals surface area contributed by atoms with Crippen LogP contribution in [0.3, 0.4) is 0 Å². The van der Waals surface area contributed by atoms with E-state index in [1.165, 1.54) is 12.8 Å². The highest BCUT2D eigenvalue weighted by atomic mass is 127. The highest BCUT2D eigenvalue weighted by Crippen LogP contribution is 2.18. The fraction of sp³-hybridized carbons (Fsp3) is 0.667. The van der Waals surface area contributed by atoms with Gasteiger partial charge >= 0.3 is 0 Å². The fourth-order valence-electron chi connectivity index (χ4n) is 4.15. The van der Waals surface area contributed by atoms with Crippen LogP contribution in [0, 0.1) is 0 Å². The molecule has 2 heterocycles. The second-order valence-electron chi connectivity index (χ2n) is 8.27. The summed E-state index contributed by atoms with van der Waals surface area (Å²) in [7, 11) is 1.65. The minimum atomic E-state index is -0.0566. The summed E-state index contributed by atoms with van der Waals surface area (Å²) in [5, 5.41) is 6.10. The first kappa shape index (κ1) is 26.9. The van der Waals surface area contributed by atoms with E-state index in [1.807, 2.05) is 24.3 Å². The van der Waals surface area contributed by atoms with Gasteiger partial charge in [0.05, 0.1) is 18.8 Å². The monoisotopic (exact) mass is 558 g/mol. The Balaban J connectivity index is 0.00000363. The summed E-state index contributed by atoms with van der Waals surface area (Å²) < 4.78 is 11.9. The predicted octanol–water partition coefficient (Wildman–Crippen LogP) is 3.22. The van der Waals surface area contributed by atoms with Gasteiger partial charge in [0.15, 0.2) is 5.96 Å². The Labute approximate surface area is 209 Å². The SMILES string of the molecule is CCNC(=NCCc1cccc(C(=O)NC)c1)N1CCC(OCC2CCCCO2)CC1.I. The number of piperidine rings is 1. The molecule has 180 valence electrons. The molecule has 0 bridgehead atoms. The average Bonchev–Trinajstić information content (AvgIpc) is 2.83. The number of benzene rings is 1. The summed E-state index contributed by atoms with van der Waals surface area (Å²) in [5.41, 5.74) is 1.81.